The topological polar surface area (TPSA) is 82.0 Å². The van der Waals surface area contributed by atoms with Gasteiger partial charge >= 0.3 is 0 Å². The summed E-state index contributed by atoms with van der Waals surface area (Å²) in [5.74, 6) is 0. The van der Waals surface area contributed by atoms with E-state index in [2.05, 4.69) is 4.98 Å². The molecule has 0 saturated heterocycles. The highest BCUT2D eigenvalue weighted by atomic mass is 35.5. The molecule has 0 aromatic carbocycles. The quantitative estimate of drug-likeness (QED) is 0.644. The van der Waals surface area contributed by atoms with E-state index in [1.165, 1.54) is 0 Å². The van der Waals surface area contributed by atoms with Crippen LogP contribution in [0.1, 0.15) is 17.8 Å². The molecular weight excluding hydrogens is 232 g/mol. The summed E-state index contributed by atoms with van der Waals surface area (Å²) >= 11 is 5.41. The zero-order chi connectivity index (χ0) is 11.6. The van der Waals surface area contributed by atoms with E-state index < -0.39 is 27.8 Å². The summed E-state index contributed by atoms with van der Waals surface area (Å²) in [4.78, 5) is 13.1. The lowest BCUT2D eigenvalue weighted by atomic mass is 10.2. The first-order chi connectivity index (χ1) is 6.97. The van der Waals surface area contributed by atoms with Crippen molar-refractivity contribution in [3.05, 3.63) is 32.6 Å². The van der Waals surface area contributed by atoms with Gasteiger partial charge in [-0.15, -0.1) is 0 Å². The van der Waals surface area contributed by atoms with Gasteiger partial charge in [0.1, 0.15) is 11.4 Å². The molecule has 0 spiro atoms. The molecule has 15 heavy (non-hydrogen) atoms. The molecule has 0 fully saturated rings. The van der Waals surface area contributed by atoms with Crippen LogP contribution in [0.2, 0.25) is 5.02 Å². The fourth-order valence-electron chi connectivity index (χ4n) is 0.995. The van der Waals surface area contributed by atoms with Gasteiger partial charge in [-0.1, -0.05) is 11.6 Å². The van der Waals surface area contributed by atoms with Crippen LogP contribution in [0.5, 0.6) is 0 Å². The van der Waals surface area contributed by atoms with Gasteiger partial charge in [0.05, 0.1) is 9.95 Å². The van der Waals surface area contributed by atoms with Crippen LogP contribution >= 0.6 is 11.6 Å². The third-order valence-electron chi connectivity index (χ3n) is 1.66. The van der Waals surface area contributed by atoms with Gasteiger partial charge in [0.2, 0.25) is 0 Å². The van der Waals surface area contributed by atoms with Crippen LogP contribution in [0, 0.1) is 10.1 Å². The molecule has 1 aromatic heterocycles. The van der Waals surface area contributed by atoms with E-state index in [1.54, 1.807) is 0 Å². The first kappa shape index (κ1) is 11.7. The molecule has 1 heterocycles. The lowest BCUT2D eigenvalue weighted by Crippen LogP contribution is -2.07. The zero-order valence-corrected chi connectivity index (χ0v) is 8.04. The van der Waals surface area contributed by atoms with Gasteiger partial charge in [0, 0.05) is 12.6 Å². The second-order valence-corrected chi connectivity index (χ2v) is 2.99. The van der Waals surface area contributed by atoms with Gasteiger partial charge < -0.3 is 5.73 Å². The van der Waals surface area contributed by atoms with Crippen molar-refractivity contribution in [1.29, 1.82) is 0 Å². The first-order valence-electron chi connectivity index (χ1n) is 3.79. The number of alkyl halides is 2. The van der Waals surface area contributed by atoms with Crippen molar-refractivity contribution < 1.29 is 13.7 Å². The van der Waals surface area contributed by atoms with Crippen LogP contribution in [-0.2, 0) is 6.54 Å². The lowest BCUT2D eigenvalue weighted by Gasteiger charge is -2.05. The van der Waals surface area contributed by atoms with Gasteiger partial charge in [0.25, 0.3) is 12.1 Å². The average Bonchev–Trinajstić information content (AvgIpc) is 2.16. The Morgan fingerprint density at radius 1 is 1.67 bits per heavy atom. The fourth-order valence-corrected chi connectivity index (χ4v) is 1.22. The van der Waals surface area contributed by atoms with Crippen LogP contribution in [0.15, 0.2) is 6.07 Å². The molecule has 8 heteroatoms. The predicted octanol–water partition coefficient (Wildman–Crippen LogP) is 2.04. The molecule has 0 unspecified atom stereocenters. The number of hydrogen-bond acceptors (Lipinski definition) is 4. The van der Waals surface area contributed by atoms with E-state index in [-0.39, 0.29) is 12.2 Å². The Kier molecular flexibility index (Phi) is 3.48. The molecule has 0 aliphatic carbocycles. The minimum Gasteiger partial charge on any atom is -0.325 e. The van der Waals surface area contributed by atoms with Crippen LogP contribution in [0.3, 0.4) is 0 Å². The van der Waals surface area contributed by atoms with Crippen molar-refractivity contribution in [3.8, 4) is 0 Å². The largest absolute Gasteiger partial charge is 0.325 e. The van der Waals surface area contributed by atoms with Gasteiger partial charge in [0.15, 0.2) is 0 Å². The third-order valence-corrected chi connectivity index (χ3v) is 1.96. The molecule has 2 N–H and O–H groups in total. The van der Waals surface area contributed by atoms with Crippen molar-refractivity contribution in [3.63, 3.8) is 0 Å². The summed E-state index contributed by atoms with van der Waals surface area (Å²) in [7, 11) is 0. The van der Waals surface area contributed by atoms with E-state index in [1.807, 2.05) is 0 Å². The molecule has 0 atom stereocenters. The highest BCUT2D eigenvalue weighted by molar-refractivity contribution is 6.31. The van der Waals surface area contributed by atoms with Crippen molar-refractivity contribution >= 4 is 17.3 Å². The number of hydrogen-bond donors (Lipinski definition) is 1. The molecule has 0 bridgehead atoms. The molecule has 5 nitrogen and oxygen atoms in total. The Morgan fingerprint density at radius 3 is 2.67 bits per heavy atom. The Hall–Kier alpha value is -1.34. The minimum absolute atomic E-state index is 0.209. The summed E-state index contributed by atoms with van der Waals surface area (Å²) < 4.78 is 24.6. The Balaban J connectivity index is 3.35. The number of nitrogens with two attached hydrogens (primary N) is 1. The first-order valence-corrected chi connectivity index (χ1v) is 4.17. The number of rotatable bonds is 3. The second kappa shape index (κ2) is 4.45. The number of pyridine rings is 1. The van der Waals surface area contributed by atoms with Gasteiger partial charge in [-0.3, -0.25) is 10.1 Å². The Bertz CT molecular complexity index is 400. The molecule has 1 rings (SSSR count). The molecule has 0 saturated carbocycles. The van der Waals surface area contributed by atoms with E-state index in [4.69, 9.17) is 17.3 Å². The summed E-state index contributed by atoms with van der Waals surface area (Å²) in [5, 5.41) is 10.0. The fraction of sp³-hybridized carbons (Fsp3) is 0.286. The smallest absolute Gasteiger partial charge is 0.293 e. The zero-order valence-electron chi connectivity index (χ0n) is 7.28. The van der Waals surface area contributed by atoms with Crippen LogP contribution in [0.25, 0.3) is 0 Å². The van der Waals surface area contributed by atoms with Crippen molar-refractivity contribution in [2.75, 3.05) is 0 Å². The van der Waals surface area contributed by atoms with E-state index in [0.29, 0.717) is 0 Å². The van der Waals surface area contributed by atoms with Gasteiger partial charge in [-0.05, 0) is 0 Å². The van der Waals surface area contributed by atoms with E-state index in [0.717, 1.165) is 6.07 Å². The van der Waals surface area contributed by atoms with Crippen LogP contribution < -0.4 is 5.73 Å². The monoisotopic (exact) mass is 237 g/mol. The van der Waals surface area contributed by atoms with Crippen molar-refractivity contribution in [1.82, 2.24) is 4.98 Å². The maximum absolute atomic E-state index is 12.3. The summed E-state index contributed by atoms with van der Waals surface area (Å²) in [6.45, 7) is -0.298. The van der Waals surface area contributed by atoms with Crippen LogP contribution in [0.4, 0.5) is 14.5 Å². The van der Waals surface area contributed by atoms with Gasteiger partial charge in [-0.2, -0.15) is 0 Å². The standard InChI is InChI=1S/C7H6ClF2N3O2/c8-3-1-5(13(14)15)4(2-11)12-6(3)7(9)10/h1,7H,2,11H2. The second-order valence-electron chi connectivity index (χ2n) is 2.58. The highest BCUT2D eigenvalue weighted by Crippen LogP contribution is 2.30. The SMILES string of the molecule is NCc1nc(C(F)F)c(Cl)cc1[N+](=O)[O-]. The maximum Gasteiger partial charge on any atom is 0.293 e. The Labute approximate surface area is 88.0 Å². The van der Waals surface area contributed by atoms with Crippen LogP contribution in [-0.4, -0.2) is 9.91 Å². The molecule has 0 aliphatic rings. The summed E-state index contributed by atoms with van der Waals surface area (Å²) in [5.41, 5.74) is 3.80. The van der Waals surface area contributed by atoms with Crippen molar-refractivity contribution in [2.24, 2.45) is 5.73 Å². The molecule has 0 aliphatic heterocycles. The predicted molar refractivity (Wildman–Crippen MR) is 48.7 cm³/mol. The molecular formula is C7H6ClF2N3O2. The number of aromatic nitrogens is 1. The number of nitro groups is 1. The van der Waals surface area contributed by atoms with Crippen molar-refractivity contribution in [2.45, 2.75) is 13.0 Å². The van der Waals surface area contributed by atoms with E-state index in [9.17, 15) is 18.9 Å². The minimum atomic E-state index is -2.89. The normalized spacial score (nSPS) is 10.7. The van der Waals surface area contributed by atoms with E-state index >= 15 is 0 Å². The van der Waals surface area contributed by atoms with Gasteiger partial charge in [-0.25, -0.2) is 13.8 Å². The Morgan fingerprint density at radius 2 is 2.27 bits per heavy atom. The highest BCUT2D eigenvalue weighted by Gasteiger charge is 2.22. The summed E-state index contributed by atoms with van der Waals surface area (Å²) in [6.07, 6.45) is -2.89. The number of halogens is 3. The maximum atomic E-state index is 12.3. The number of nitrogens with zero attached hydrogens (tertiary/aromatic N) is 2. The average molecular weight is 238 g/mol. The molecule has 0 amide bonds. The molecule has 0 radical (unpaired) electrons. The third kappa shape index (κ3) is 2.37. The summed E-state index contributed by atoms with van der Waals surface area (Å²) in [6, 6.07) is 0.832. The lowest BCUT2D eigenvalue weighted by molar-refractivity contribution is -0.385. The molecule has 82 valence electrons. The molecule has 1 aromatic rings.